The maximum Gasteiger partial charge on any atom is 0.166 e. The first-order valence-corrected chi connectivity index (χ1v) is 4.84. The second kappa shape index (κ2) is 3.75. The lowest BCUT2D eigenvalue weighted by Crippen LogP contribution is -2.46. The average Bonchev–Trinajstić information content (AvgIpc) is 2.20. The van der Waals surface area contributed by atoms with Gasteiger partial charge in [-0.2, -0.15) is 0 Å². The summed E-state index contributed by atoms with van der Waals surface area (Å²) in [6, 6.07) is 10.5. The molecule has 0 aromatic heterocycles. The molecule has 2 N–H and O–H groups in total. The summed E-state index contributed by atoms with van der Waals surface area (Å²) in [5.74, 6) is 0.535. The molecule has 0 spiro atoms. The molecular formula is C10H12N2S. The normalized spacial score (nSPS) is 17.7. The smallest absolute Gasteiger partial charge is 0.166 e. The van der Waals surface area contributed by atoms with E-state index in [1.165, 1.54) is 5.56 Å². The first-order valence-electron chi connectivity index (χ1n) is 4.43. The zero-order chi connectivity index (χ0) is 9.10. The molecule has 1 heterocycles. The highest BCUT2D eigenvalue weighted by molar-refractivity contribution is 7.80. The van der Waals surface area contributed by atoms with Gasteiger partial charge in [0.25, 0.3) is 0 Å². The summed E-state index contributed by atoms with van der Waals surface area (Å²) in [5.41, 5.74) is 1.37. The minimum atomic E-state index is 0.535. The minimum absolute atomic E-state index is 0.535. The molecule has 0 radical (unpaired) electrons. The monoisotopic (exact) mass is 192 g/mol. The standard InChI is InChI=1S/C10H12N2S/c13-10-11-6-9(7-12-10)8-4-2-1-3-5-8/h1-5,9H,6-7H2,(H2,11,12,13). The van der Waals surface area contributed by atoms with Crippen LogP contribution in [-0.2, 0) is 0 Å². The van der Waals surface area contributed by atoms with Crippen molar-refractivity contribution in [3.05, 3.63) is 35.9 Å². The van der Waals surface area contributed by atoms with E-state index >= 15 is 0 Å². The summed E-state index contributed by atoms with van der Waals surface area (Å²) >= 11 is 4.99. The SMILES string of the molecule is S=C1NCC(c2ccccc2)CN1. The van der Waals surface area contributed by atoms with Gasteiger partial charge in [-0.25, -0.2) is 0 Å². The fourth-order valence-electron chi connectivity index (χ4n) is 1.53. The van der Waals surface area contributed by atoms with E-state index in [1.807, 2.05) is 6.07 Å². The zero-order valence-electron chi connectivity index (χ0n) is 7.29. The fraction of sp³-hybridized carbons (Fsp3) is 0.300. The first-order chi connectivity index (χ1) is 6.36. The van der Waals surface area contributed by atoms with Gasteiger partial charge in [0.1, 0.15) is 0 Å². The summed E-state index contributed by atoms with van der Waals surface area (Å²) in [5, 5.41) is 7.07. The van der Waals surface area contributed by atoms with Crippen molar-refractivity contribution in [2.24, 2.45) is 0 Å². The molecule has 2 rings (SSSR count). The van der Waals surface area contributed by atoms with Gasteiger partial charge in [0.15, 0.2) is 5.11 Å². The van der Waals surface area contributed by atoms with E-state index in [4.69, 9.17) is 12.2 Å². The molecule has 0 aliphatic carbocycles. The summed E-state index contributed by atoms with van der Waals surface area (Å²) < 4.78 is 0. The summed E-state index contributed by atoms with van der Waals surface area (Å²) in [7, 11) is 0. The number of hydrogen-bond acceptors (Lipinski definition) is 1. The third-order valence-electron chi connectivity index (χ3n) is 2.29. The van der Waals surface area contributed by atoms with Gasteiger partial charge < -0.3 is 10.6 Å². The molecule has 0 bridgehead atoms. The van der Waals surface area contributed by atoms with Gasteiger partial charge in [-0.15, -0.1) is 0 Å². The van der Waals surface area contributed by atoms with E-state index < -0.39 is 0 Å². The second-order valence-corrected chi connectivity index (χ2v) is 3.61. The van der Waals surface area contributed by atoms with E-state index in [0.29, 0.717) is 5.92 Å². The van der Waals surface area contributed by atoms with Gasteiger partial charge in [-0.05, 0) is 17.8 Å². The first kappa shape index (κ1) is 8.51. The van der Waals surface area contributed by atoms with Gasteiger partial charge >= 0.3 is 0 Å². The molecule has 0 saturated carbocycles. The highest BCUT2D eigenvalue weighted by atomic mass is 32.1. The van der Waals surface area contributed by atoms with Gasteiger partial charge in [-0.3, -0.25) is 0 Å². The Morgan fingerprint density at radius 2 is 1.69 bits per heavy atom. The van der Waals surface area contributed by atoms with Crippen molar-refractivity contribution in [2.75, 3.05) is 13.1 Å². The van der Waals surface area contributed by atoms with Crippen LogP contribution >= 0.6 is 12.2 Å². The van der Waals surface area contributed by atoms with Crippen molar-refractivity contribution in [1.82, 2.24) is 10.6 Å². The maximum absolute atomic E-state index is 4.99. The quantitative estimate of drug-likeness (QED) is 0.655. The number of hydrogen-bond donors (Lipinski definition) is 2. The second-order valence-electron chi connectivity index (χ2n) is 3.20. The van der Waals surface area contributed by atoms with Crippen molar-refractivity contribution in [3.63, 3.8) is 0 Å². The Kier molecular flexibility index (Phi) is 2.45. The largest absolute Gasteiger partial charge is 0.362 e. The van der Waals surface area contributed by atoms with Gasteiger partial charge in [-0.1, -0.05) is 30.3 Å². The Morgan fingerprint density at radius 3 is 2.31 bits per heavy atom. The molecule has 1 fully saturated rings. The Bertz CT molecular complexity index is 287. The van der Waals surface area contributed by atoms with Gasteiger partial charge in [0.2, 0.25) is 0 Å². The van der Waals surface area contributed by atoms with Gasteiger partial charge in [0, 0.05) is 19.0 Å². The predicted molar refractivity (Wildman–Crippen MR) is 57.8 cm³/mol. The van der Waals surface area contributed by atoms with Crippen molar-refractivity contribution in [2.45, 2.75) is 5.92 Å². The van der Waals surface area contributed by atoms with E-state index in [0.717, 1.165) is 18.2 Å². The van der Waals surface area contributed by atoms with Crippen LogP contribution in [0.3, 0.4) is 0 Å². The summed E-state index contributed by atoms with van der Waals surface area (Å²) in [4.78, 5) is 0. The third kappa shape index (κ3) is 1.98. The Labute approximate surface area is 83.3 Å². The van der Waals surface area contributed by atoms with E-state index in [-0.39, 0.29) is 0 Å². The van der Waals surface area contributed by atoms with E-state index in [2.05, 4.69) is 34.9 Å². The molecule has 1 aromatic carbocycles. The van der Waals surface area contributed by atoms with Crippen LogP contribution in [0.5, 0.6) is 0 Å². The Balaban J connectivity index is 2.07. The van der Waals surface area contributed by atoms with Crippen molar-refractivity contribution in [3.8, 4) is 0 Å². The lowest BCUT2D eigenvalue weighted by Gasteiger charge is -2.25. The fourth-order valence-corrected chi connectivity index (χ4v) is 1.69. The van der Waals surface area contributed by atoms with Crippen molar-refractivity contribution < 1.29 is 0 Å². The molecule has 1 aliphatic rings. The number of rotatable bonds is 1. The molecule has 0 unspecified atom stereocenters. The van der Waals surface area contributed by atoms with Crippen LogP contribution in [-0.4, -0.2) is 18.2 Å². The Morgan fingerprint density at radius 1 is 1.08 bits per heavy atom. The van der Waals surface area contributed by atoms with Crippen molar-refractivity contribution >= 4 is 17.3 Å². The molecule has 3 heteroatoms. The number of benzene rings is 1. The highest BCUT2D eigenvalue weighted by Gasteiger charge is 2.15. The summed E-state index contributed by atoms with van der Waals surface area (Å²) in [6.07, 6.45) is 0. The molecule has 68 valence electrons. The molecule has 13 heavy (non-hydrogen) atoms. The van der Waals surface area contributed by atoms with Crippen LogP contribution in [0.2, 0.25) is 0 Å². The number of nitrogens with one attached hydrogen (secondary N) is 2. The van der Waals surface area contributed by atoms with Crippen LogP contribution in [0.25, 0.3) is 0 Å². The van der Waals surface area contributed by atoms with Crippen LogP contribution in [0.1, 0.15) is 11.5 Å². The van der Waals surface area contributed by atoms with Crippen LogP contribution in [0.15, 0.2) is 30.3 Å². The zero-order valence-corrected chi connectivity index (χ0v) is 8.10. The lowest BCUT2D eigenvalue weighted by atomic mass is 9.98. The topological polar surface area (TPSA) is 24.1 Å². The molecule has 1 saturated heterocycles. The average molecular weight is 192 g/mol. The molecular weight excluding hydrogens is 180 g/mol. The molecule has 1 aromatic rings. The van der Waals surface area contributed by atoms with Gasteiger partial charge in [0.05, 0.1) is 0 Å². The van der Waals surface area contributed by atoms with Crippen LogP contribution < -0.4 is 10.6 Å². The Hall–Kier alpha value is -1.09. The highest BCUT2D eigenvalue weighted by Crippen LogP contribution is 2.14. The van der Waals surface area contributed by atoms with E-state index in [9.17, 15) is 0 Å². The molecule has 1 aliphatic heterocycles. The molecule has 2 nitrogen and oxygen atoms in total. The summed E-state index contributed by atoms with van der Waals surface area (Å²) in [6.45, 7) is 1.88. The lowest BCUT2D eigenvalue weighted by molar-refractivity contribution is 0.591. The minimum Gasteiger partial charge on any atom is -0.362 e. The predicted octanol–water partition coefficient (Wildman–Crippen LogP) is 1.25. The molecule has 0 atom stereocenters. The van der Waals surface area contributed by atoms with E-state index in [1.54, 1.807) is 0 Å². The van der Waals surface area contributed by atoms with Crippen LogP contribution in [0, 0.1) is 0 Å². The number of thiocarbonyl (C=S) groups is 1. The third-order valence-corrected chi connectivity index (χ3v) is 2.58. The molecule has 0 amide bonds. The maximum atomic E-state index is 4.99. The van der Waals surface area contributed by atoms with Crippen molar-refractivity contribution in [1.29, 1.82) is 0 Å². The van der Waals surface area contributed by atoms with Crippen LogP contribution in [0.4, 0.5) is 0 Å².